The second-order valence-electron chi connectivity index (χ2n) is 7.47. The maximum Gasteiger partial charge on any atom is 0.185 e. The Hall–Kier alpha value is -0.670. The zero-order chi connectivity index (χ0) is 19.8. The van der Waals surface area contributed by atoms with E-state index in [9.17, 15) is 4.57 Å². The van der Waals surface area contributed by atoms with Gasteiger partial charge in [-0.1, -0.05) is 92.5 Å². The number of benzene rings is 2. The molecule has 0 fully saturated rings. The lowest BCUT2D eigenvalue weighted by molar-refractivity contribution is 0.300. The van der Waals surface area contributed by atoms with Crippen LogP contribution < -0.4 is 0 Å². The lowest BCUT2D eigenvalue weighted by Crippen LogP contribution is -2.37. The normalized spacial score (nSPS) is 25.8. The fourth-order valence-corrected chi connectivity index (χ4v) is 12.2. The van der Waals surface area contributed by atoms with E-state index in [-0.39, 0.29) is 21.2 Å². The van der Waals surface area contributed by atoms with Gasteiger partial charge in [-0.05, 0) is 50.0 Å². The van der Waals surface area contributed by atoms with E-state index in [0.717, 1.165) is 22.3 Å². The Morgan fingerprint density at radius 2 is 1.07 bits per heavy atom. The molecule has 0 radical (unpaired) electrons. The number of allylic oxidation sites excluding steroid dienone is 2. The third-order valence-corrected chi connectivity index (χ3v) is 12.9. The molecule has 0 saturated carbocycles. The fourth-order valence-electron chi connectivity index (χ4n) is 4.12. The van der Waals surface area contributed by atoms with Gasteiger partial charge in [-0.15, -0.1) is 0 Å². The van der Waals surface area contributed by atoms with Gasteiger partial charge in [0.15, 0.2) is 7.29 Å². The number of alkyl halides is 2. The van der Waals surface area contributed by atoms with Crippen molar-refractivity contribution in [2.45, 2.75) is 48.9 Å². The van der Waals surface area contributed by atoms with Crippen molar-refractivity contribution in [2.24, 2.45) is 0 Å². The number of hydrogen-bond acceptors (Lipinski definition) is 1. The highest BCUT2D eigenvalue weighted by molar-refractivity contribution is 9.12. The van der Waals surface area contributed by atoms with E-state index in [1.54, 1.807) is 0 Å². The highest BCUT2D eigenvalue weighted by Gasteiger charge is 2.54. The van der Waals surface area contributed by atoms with Crippen LogP contribution in [0.2, 0.25) is 0 Å². The van der Waals surface area contributed by atoms with Crippen molar-refractivity contribution in [3.63, 3.8) is 0 Å². The van der Waals surface area contributed by atoms with Gasteiger partial charge < -0.3 is 4.57 Å². The van der Waals surface area contributed by atoms with Crippen molar-refractivity contribution < 1.29 is 4.57 Å². The monoisotopic (exact) mass is 509 g/mol. The van der Waals surface area contributed by atoms with Crippen LogP contribution in [0, 0.1) is 0 Å². The molecule has 3 atom stereocenters. The van der Waals surface area contributed by atoms with Crippen LogP contribution in [-0.2, 0) is 4.57 Å². The fraction of sp³-hybridized carbons (Fsp3) is 0.364. The van der Waals surface area contributed by atoms with E-state index in [2.05, 4.69) is 88.5 Å². The maximum absolute atomic E-state index is 14.6. The Morgan fingerprint density at radius 3 is 1.37 bits per heavy atom. The molecule has 144 valence electrons. The second-order valence-corrected chi connectivity index (χ2v) is 13.6. The Kier molecular flexibility index (Phi) is 6.52. The van der Waals surface area contributed by atoms with Crippen molar-refractivity contribution in [1.82, 2.24) is 4.67 Å². The molecule has 1 heterocycles. The predicted octanol–water partition coefficient (Wildman–Crippen LogP) is 7.45. The topological polar surface area (TPSA) is 20.3 Å². The van der Waals surface area contributed by atoms with Crippen molar-refractivity contribution >= 4 is 50.3 Å². The van der Waals surface area contributed by atoms with E-state index in [4.69, 9.17) is 0 Å². The first kappa shape index (κ1) is 21.0. The highest BCUT2D eigenvalue weighted by atomic mass is 79.9. The molecular weight excluding hydrogens is 485 g/mol. The standard InChI is InChI=1S/C22H26Br2NOP/c1-15(2)25(16(3)4)27(26)21(23)19(17-11-7-5-8-12-17)20(22(27)24)18-13-9-6-10-14-18/h5-16,21-22H,1-4H3/t21-,22+,27?. The van der Waals surface area contributed by atoms with E-state index in [1.807, 2.05) is 36.4 Å². The Morgan fingerprint density at radius 1 is 0.741 bits per heavy atom. The quantitative estimate of drug-likeness (QED) is 0.307. The molecule has 2 aromatic rings. The van der Waals surface area contributed by atoms with Gasteiger partial charge in [-0.2, -0.15) is 0 Å². The van der Waals surface area contributed by atoms with Crippen molar-refractivity contribution in [2.75, 3.05) is 0 Å². The molecule has 1 unspecified atom stereocenters. The molecule has 1 aliphatic heterocycles. The van der Waals surface area contributed by atoms with Crippen LogP contribution in [-0.4, -0.2) is 25.9 Å². The van der Waals surface area contributed by atoms with Crippen LogP contribution in [0.3, 0.4) is 0 Å². The van der Waals surface area contributed by atoms with Crippen LogP contribution in [0.5, 0.6) is 0 Å². The number of rotatable bonds is 5. The Labute approximate surface area is 179 Å². The van der Waals surface area contributed by atoms with Crippen molar-refractivity contribution in [3.05, 3.63) is 71.8 Å². The van der Waals surface area contributed by atoms with Crippen LogP contribution >= 0.6 is 39.2 Å². The molecule has 2 nitrogen and oxygen atoms in total. The lowest BCUT2D eigenvalue weighted by atomic mass is 9.97. The SMILES string of the molecule is CC(C)N(C(C)C)P1(=O)[C@H](Br)C(c2ccccc2)=C(c2ccccc2)[C@@H]1Br. The summed E-state index contributed by atoms with van der Waals surface area (Å²) in [5, 5.41) is 0. The van der Waals surface area contributed by atoms with Crippen molar-refractivity contribution in [1.29, 1.82) is 0 Å². The first-order chi connectivity index (χ1) is 12.8. The van der Waals surface area contributed by atoms with Gasteiger partial charge in [-0.3, -0.25) is 0 Å². The molecule has 1 aliphatic rings. The van der Waals surface area contributed by atoms with Crippen molar-refractivity contribution in [3.8, 4) is 0 Å². The minimum absolute atomic E-state index is 0.183. The van der Waals surface area contributed by atoms with Gasteiger partial charge in [0.05, 0.1) is 0 Å². The average molecular weight is 511 g/mol. The summed E-state index contributed by atoms with van der Waals surface area (Å²) in [6, 6.07) is 21.0. The lowest BCUT2D eigenvalue weighted by Gasteiger charge is -2.40. The summed E-state index contributed by atoms with van der Waals surface area (Å²) in [7, 11) is -2.83. The average Bonchev–Trinajstić information content (AvgIpc) is 2.84. The molecule has 0 bridgehead atoms. The van der Waals surface area contributed by atoms with Gasteiger partial charge in [0.1, 0.15) is 9.14 Å². The highest BCUT2D eigenvalue weighted by Crippen LogP contribution is 2.75. The predicted molar refractivity (Wildman–Crippen MR) is 125 cm³/mol. The number of halogens is 2. The van der Waals surface area contributed by atoms with Gasteiger partial charge in [-0.25, -0.2) is 4.67 Å². The van der Waals surface area contributed by atoms with E-state index >= 15 is 0 Å². The molecule has 0 spiro atoms. The third-order valence-electron chi connectivity index (χ3n) is 5.00. The summed E-state index contributed by atoms with van der Waals surface area (Å²) in [6.07, 6.45) is 0. The number of nitrogens with zero attached hydrogens (tertiary/aromatic N) is 1. The molecular formula is C22H26Br2NOP. The molecule has 27 heavy (non-hydrogen) atoms. The molecule has 0 aliphatic carbocycles. The first-order valence-corrected chi connectivity index (χ1v) is 12.9. The molecule has 0 N–H and O–H groups in total. The smallest absolute Gasteiger partial charge is 0.185 e. The summed E-state index contributed by atoms with van der Waals surface area (Å²) in [5.74, 6) is 0. The Bertz CT molecular complexity index is 797. The number of hydrogen-bond donors (Lipinski definition) is 0. The van der Waals surface area contributed by atoms with Gasteiger partial charge in [0.25, 0.3) is 0 Å². The molecule has 0 amide bonds. The van der Waals surface area contributed by atoms with Gasteiger partial charge >= 0.3 is 0 Å². The summed E-state index contributed by atoms with van der Waals surface area (Å²) in [5.41, 5.74) is 4.48. The maximum atomic E-state index is 14.6. The largest absolute Gasteiger partial charge is 0.303 e. The summed E-state index contributed by atoms with van der Waals surface area (Å²) < 4.78 is 16.4. The van der Waals surface area contributed by atoms with E-state index < -0.39 is 7.29 Å². The summed E-state index contributed by atoms with van der Waals surface area (Å²) in [4.78, 5) is 0. The minimum Gasteiger partial charge on any atom is -0.303 e. The van der Waals surface area contributed by atoms with Gasteiger partial charge in [0.2, 0.25) is 0 Å². The van der Waals surface area contributed by atoms with E-state index in [1.165, 1.54) is 0 Å². The summed E-state index contributed by atoms with van der Waals surface area (Å²) >= 11 is 7.77. The van der Waals surface area contributed by atoms with Crippen LogP contribution in [0.15, 0.2) is 60.7 Å². The molecule has 0 aromatic heterocycles. The minimum atomic E-state index is -2.83. The molecule has 3 rings (SSSR count). The zero-order valence-electron chi connectivity index (χ0n) is 16.1. The second kappa shape index (κ2) is 8.37. The van der Waals surface area contributed by atoms with Crippen LogP contribution in [0.1, 0.15) is 38.8 Å². The summed E-state index contributed by atoms with van der Waals surface area (Å²) in [6.45, 7) is 8.51. The Balaban J connectivity index is 2.25. The molecule has 0 saturated heterocycles. The van der Waals surface area contributed by atoms with Crippen LogP contribution in [0.25, 0.3) is 11.1 Å². The first-order valence-electron chi connectivity index (χ1n) is 9.31. The van der Waals surface area contributed by atoms with Crippen LogP contribution in [0.4, 0.5) is 0 Å². The third kappa shape index (κ3) is 3.67. The van der Waals surface area contributed by atoms with Gasteiger partial charge in [0, 0.05) is 12.1 Å². The zero-order valence-corrected chi connectivity index (χ0v) is 20.2. The molecule has 5 heteroatoms. The van der Waals surface area contributed by atoms with E-state index in [0.29, 0.717) is 0 Å². The molecule has 2 aromatic carbocycles.